The largest absolute Gasteiger partial charge is 0.494 e. The zero-order chi connectivity index (χ0) is 28.7. The van der Waals surface area contributed by atoms with Crippen molar-refractivity contribution >= 4 is 35.2 Å². The molecule has 1 aromatic carbocycles. The molecule has 0 radical (unpaired) electrons. The number of fused-ring (bicyclic) bond motifs is 2. The number of hydrogen-bond donors (Lipinski definition) is 1. The van der Waals surface area contributed by atoms with Crippen molar-refractivity contribution in [3.63, 3.8) is 0 Å². The van der Waals surface area contributed by atoms with E-state index in [0.717, 1.165) is 24.3 Å². The monoisotopic (exact) mass is 567 g/mol. The minimum atomic E-state index is -0.904. The first kappa shape index (κ1) is 28.7. The van der Waals surface area contributed by atoms with Gasteiger partial charge in [-0.3, -0.25) is 14.4 Å². The number of hydrogen-bond acceptors (Lipinski definition) is 6. The Morgan fingerprint density at radius 1 is 1.00 bits per heavy atom. The number of carbonyl (C=O) groups excluding carboxylic acids is 3. The van der Waals surface area contributed by atoms with E-state index in [1.54, 1.807) is 21.6 Å². The Labute approximate surface area is 241 Å². The molecule has 2 fully saturated rings. The molecule has 9 heteroatoms. The van der Waals surface area contributed by atoms with E-state index in [2.05, 4.69) is 13.0 Å². The predicted octanol–water partition coefficient (Wildman–Crippen LogP) is 3.65. The quantitative estimate of drug-likeness (QED) is 0.459. The molecule has 6 atom stereocenters. The van der Waals surface area contributed by atoms with Gasteiger partial charge in [-0.15, -0.1) is 11.8 Å². The normalized spacial score (nSPS) is 32.1. The number of aliphatic hydroxyl groups is 1. The van der Waals surface area contributed by atoms with E-state index in [9.17, 15) is 19.5 Å². The molecule has 3 amide bonds. The van der Waals surface area contributed by atoms with E-state index in [0.29, 0.717) is 32.7 Å². The average Bonchev–Trinajstić information content (AvgIpc) is 3.22. The number of unbranched alkanes of at least 4 members (excludes halogenated alkanes) is 1. The van der Waals surface area contributed by atoms with Crippen LogP contribution < -0.4 is 9.64 Å². The third-order valence-corrected chi connectivity index (χ3v) is 10.7. The summed E-state index contributed by atoms with van der Waals surface area (Å²) in [6, 6.07) is 6.20. The van der Waals surface area contributed by atoms with Gasteiger partial charge in [0.1, 0.15) is 11.8 Å². The highest BCUT2D eigenvalue weighted by molar-refractivity contribution is 8.02. The molecule has 40 heavy (non-hydrogen) atoms. The molecule has 216 valence electrons. The molecule has 1 N–H and O–H groups in total. The molecule has 2 saturated heterocycles. The second-order valence-corrected chi connectivity index (χ2v) is 13.1. The maximum absolute atomic E-state index is 14.5. The number of carbonyl (C=O) groups is 3. The van der Waals surface area contributed by atoms with Crippen LogP contribution in [0, 0.1) is 11.8 Å². The number of anilines is 1. The van der Waals surface area contributed by atoms with Crippen molar-refractivity contribution in [1.29, 1.82) is 0 Å². The Balaban J connectivity index is 1.59. The summed E-state index contributed by atoms with van der Waals surface area (Å²) in [7, 11) is 0. The zero-order valence-electron chi connectivity index (χ0n) is 23.9. The van der Waals surface area contributed by atoms with Gasteiger partial charge in [0.25, 0.3) is 0 Å². The molecule has 1 unspecified atom stereocenters. The fourth-order valence-electron chi connectivity index (χ4n) is 6.99. The lowest BCUT2D eigenvalue weighted by Gasteiger charge is -2.39. The number of amides is 3. The number of nitrogens with zero attached hydrogens (tertiary/aromatic N) is 3. The molecular formula is C31H41N3O5S. The van der Waals surface area contributed by atoms with Crippen molar-refractivity contribution in [2.75, 3.05) is 37.7 Å². The molecule has 0 aliphatic carbocycles. The minimum absolute atomic E-state index is 0.0893. The van der Waals surface area contributed by atoms with Crippen molar-refractivity contribution in [2.45, 2.75) is 68.5 Å². The summed E-state index contributed by atoms with van der Waals surface area (Å²) in [6.07, 6.45) is 10.5. The van der Waals surface area contributed by atoms with Gasteiger partial charge in [-0.1, -0.05) is 44.6 Å². The summed E-state index contributed by atoms with van der Waals surface area (Å²) in [5, 5.41) is 10.3. The molecule has 5 rings (SSSR count). The number of rotatable bonds is 9. The number of likely N-dealkylation sites (tertiary alicyclic amines) is 1. The highest BCUT2D eigenvalue weighted by Gasteiger charge is 2.74. The smallest absolute Gasteiger partial charge is 0.247 e. The number of thioether (sulfide) groups is 1. The predicted molar refractivity (Wildman–Crippen MR) is 157 cm³/mol. The first-order chi connectivity index (χ1) is 19.3. The summed E-state index contributed by atoms with van der Waals surface area (Å²) >= 11 is 1.58. The maximum Gasteiger partial charge on any atom is 0.247 e. The second kappa shape index (κ2) is 11.2. The maximum atomic E-state index is 14.5. The topological polar surface area (TPSA) is 90.4 Å². The Hall–Kier alpha value is -2.78. The summed E-state index contributed by atoms with van der Waals surface area (Å²) in [5.74, 6) is -1.08. The van der Waals surface area contributed by atoms with Gasteiger partial charge in [0.2, 0.25) is 17.7 Å². The zero-order valence-corrected chi connectivity index (χ0v) is 24.7. The summed E-state index contributed by atoms with van der Waals surface area (Å²) in [5.41, 5.74) is 0.743. The third kappa shape index (κ3) is 4.45. The Kier molecular flexibility index (Phi) is 8.08. The molecule has 0 bridgehead atoms. The van der Waals surface area contributed by atoms with Crippen LogP contribution >= 0.6 is 11.8 Å². The molecule has 1 spiro atoms. The molecule has 0 saturated carbocycles. The molecule has 4 heterocycles. The van der Waals surface area contributed by atoms with Crippen LogP contribution in [0.4, 0.5) is 5.69 Å². The van der Waals surface area contributed by atoms with E-state index in [-0.39, 0.29) is 24.3 Å². The van der Waals surface area contributed by atoms with E-state index < -0.39 is 33.4 Å². The van der Waals surface area contributed by atoms with Gasteiger partial charge in [0.15, 0.2) is 0 Å². The van der Waals surface area contributed by atoms with Crippen molar-refractivity contribution in [2.24, 2.45) is 11.8 Å². The highest BCUT2D eigenvalue weighted by atomic mass is 32.2. The summed E-state index contributed by atoms with van der Waals surface area (Å²) in [6.45, 7) is 9.79. The van der Waals surface area contributed by atoms with Crippen molar-refractivity contribution in [1.82, 2.24) is 9.80 Å². The van der Waals surface area contributed by atoms with Crippen LogP contribution in [0.15, 0.2) is 48.6 Å². The van der Waals surface area contributed by atoms with Crippen LogP contribution in [0.1, 0.15) is 47.0 Å². The Bertz CT molecular complexity index is 1200. The number of aliphatic hydroxyl groups excluding tert-OH is 1. The first-order valence-electron chi connectivity index (χ1n) is 14.6. The minimum Gasteiger partial charge on any atom is -0.494 e. The van der Waals surface area contributed by atoms with Gasteiger partial charge in [-0.25, -0.2) is 0 Å². The van der Waals surface area contributed by atoms with Crippen molar-refractivity contribution < 1.29 is 24.2 Å². The molecular weight excluding hydrogens is 526 g/mol. The molecule has 8 nitrogen and oxygen atoms in total. The van der Waals surface area contributed by atoms with Crippen LogP contribution in [0.3, 0.4) is 0 Å². The lowest BCUT2D eigenvalue weighted by molar-refractivity contribution is -0.145. The van der Waals surface area contributed by atoms with Crippen molar-refractivity contribution in [3.8, 4) is 5.75 Å². The van der Waals surface area contributed by atoms with Crippen LogP contribution in [0.2, 0.25) is 0 Å². The van der Waals surface area contributed by atoms with Gasteiger partial charge in [-0.2, -0.15) is 0 Å². The molecule has 4 aliphatic heterocycles. The van der Waals surface area contributed by atoms with E-state index >= 15 is 0 Å². The van der Waals surface area contributed by atoms with E-state index in [1.165, 1.54) is 0 Å². The van der Waals surface area contributed by atoms with E-state index in [1.807, 2.05) is 68.2 Å². The van der Waals surface area contributed by atoms with Crippen LogP contribution in [-0.2, 0) is 14.4 Å². The Morgan fingerprint density at radius 3 is 2.38 bits per heavy atom. The lowest BCUT2D eigenvalue weighted by Crippen LogP contribution is -2.56. The fourth-order valence-corrected chi connectivity index (χ4v) is 9.13. The van der Waals surface area contributed by atoms with Gasteiger partial charge in [0, 0.05) is 30.1 Å². The summed E-state index contributed by atoms with van der Waals surface area (Å²) in [4.78, 5) is 48.5. The van der Waals surface area contributed by atoms with Gasteiger partial charge in [0.05, 0.1) is 35.8 Å². The first-order valence-corrected chi connectivity index (χ1v) is 15.4. The SMILES string of the molecule is CCCCN1CC=C[C@]23S[C@]4(C)C=CCN(c5ccc(OCC)cc5)C(=O)[C@@H]4[C@H]2C(=O)N([C@@H](CC)CO)C3C1=O. The Morgan fingerprint density at radius 2 is 1.73 bits per heavy atom. The third-order valence-electron chi connectivity index (χ3n) is 8.89. The van der Waals surface area contributed by atoms with E-state index in [4.69, 9.17) is 4.74 Å². The number of ether oxygens (including phenoxy) is 1. The van der Waals surface area contributed by atoms with Crippen molar-refractivity contribution in [3.05, 3.63) is 48.6 Å². The standard InChI is InChI=1S/C31H41N3O5S/c1-5-8-17-32-18-10-16-31-25(28(37)34(21(6-2)20-35)26(31)29(32)38)24-27(36)33(19-9-15-30(24,4)40-31)22-11-13-23(14-12-22)39-7-3/h9-16,21,24-26,35H,5-8,17-20H2,1-4H3/t21-,24-,25-,26?,30+,31-/m0/s1. The molecule has 4 aliphatic rings. The van der Waals surface area contributed by atoms with Crippen LogP contribution in [0.5, 0.6) is 5.75 Å². The second-order valence-electron chi connectivity index (χ2n) is 11.3. The van der Waals surface area contributed by atoms with Crippen LogP contribution in [-0.4, -0.2) is 87.1 Å². The highest BCUT2D eigenvalue weighted by Crippen LogP contribution is 2.66. The van der Waals surface area contributed by atoms with Gasteiger partial charge < -0.3 is 24.5 Å². The van der Waals surface area contributed by atoms with Gasteiger partial charge in [-0.05, 0) is 51.0 Å². The van der Waals surface area contributed by atoms with Crippen LogP contribution in [0.25, 0.3) is 0 Å². The number of benzene rings is 1. The van der Waals surface area contributed by atoms with Gasteiger partial charge >= 0.3 is 0 Å². The molecule has 1 aromatic rings. The molecule has 0 aromatic heterocycles. The fraction of sp³-hybridized carbons (Fsp3) is 0.581. The lowest BCUT2D eigenvalue weighted by atomic mass is 9.74. The average molecular weight is 568 g/mol. The summed E-state index contributed by atoms with van der Waals surface area (Å²) < 4.78 is 4.01.